The summed E-state index contributed by atoms with van der Waals surface area (Å²) in [6.45, 7) is 3.13. The van der Waals surface area contributed by atoms with Crippen LogP contribution >= 0.6 is 39.3 Å². The molecule has 1 heterocycles. The van der Waals surface area contributed by atoms with E-state index in [1.165, 1.54) is 17.3 Å². The van der Waals surface area contributed by atoms with Crippen LogP contribution in [0.4, 0.5) is 0 Å². The summed E-state index contributed by atoms with van der Waals surface area (Å²) in [5.74, 6) is 3.13. The van der Waals surface area contributed by atoms with Crippen LogP contribution in [0.2, 0.25) is 5.02 Å². The second-order valence-corrected chi connectivity index (χ2v) is 11.8. The third-order valence-electron chi connectivity index (χ3n) is 6.73. The molecule has 2 atom stereocenters. The quantitative estimate of drug-likeness (QED) is 0.103. The zero-order valence-corrected chi connectivity index (χ0v) is 25.7. The van der Waals surface area contributed by atoms with Gasteiger partial charge in [-0.15, -0.1) is 10.2 Å². The number of thioether (sulfide) groups is 1. The summed E-state index contributed by atoms with van der Waals surface area (Å²) in [5.41, 5.74) is 5.54. The largest absolute Gasteiger partial charge is 0.496 e. The third-order valence-corrected chi connectivity index (χ3v) is 8.48. The maximum atomic E-state index is 12.5. The summed E-state index contributed by atoms with van der Waals surface area (Å²) in [4.78, 5) is 12.5. The molecule has 5 rings (SSSR count). The lowest BCUT2D eigenvalue weighted by Gasteiger charge is -2.11. The summed E-state index contributed by atoms with van der Waals surface area (Å²) in [6.07, 6.45) is 2.63. The first-order valence-corrected chi connectivity index (χ1v) is 15.3. The predicted molar refractivity (Wildman–Crippen MR) is 165 cm³/mol. The van der Waals surface area contributed by atoms with Crippen LogP contribution in [-0.4, -0.2) is 39.7 Å². The number of benzene rings is 3. The van der Waals surface area contributed by atoms with Crippen molar-refractivity contribution in [2.45, 2.75) is 43.5 Å². The van der Waals surface area contributed by atoms with Gasteiger partial charge in [0, 0.05) is 27.5 Å². The molecule has 41 heavy (non-hydrogen) atoms. The summed E-state index contributed by atoms with van der Waals surface area (Å²) < 4.78 is 14.5. The molecule has 11 heteroatoms. The maximum Gasteiger partial charge on any atom is 0.250 e. The number of aromatic nitrogens is 3. The van der Waals surface area contributed by atoms with E-state index in [0.29, 0.717) is 24.2 Å². The normalized spacial score (nSPS) is 16.1. The minimum absolute atomic E-state index is 0.176. The van der Waals surface area contributed by atoms with Crippen LogP contribution < -0.4 is 14.9 Å². The average Bonchev–Trinajstić information content (AvgIpc) is 3.67. The van der Waals surface area contributed by atoms with Crippen molar-refractivity contribution in [3.8, 4) is 11.5 Å². The first kappa shape index (κ1) is 29.2. The molecule has 0 radical (unpaired) electrons. The van der Waals surface area contributed by atoms with Gasteiger partial charge in [-0.3, -0.25) is 4.79 Å². The maximum absolute atomic E-state index is 12.5. The minimum Gasteiger partial charge on any atom is -0.496 e. The van der Waals surface area contributed by atoms with Crippen molar-refractivity contribution in [2.24, 2.45) is 5.10 Å². The Kier molecular flexibility index (Phi) is 9.64. The highest BCUT2D eigenvalue weighted by Gasteiger charge is 2.43. The highest BCUT2D eigenvalue weighted by atomic mass is 79.9. The molecule has 8 nitrogen and oxygen atoms in total. The molecule has 0 aliphatic heterocycles. The Hall–Kier alpha value is -3.34. The van der Waals surface area contributed by atoms with Gasteiger partial charge < -0.3 is 14.0 Å². The monoisotopic (exact) mass is 653 g/mol. The molecule has 0 spiro atoms. The molecule has 1 amide bonds. The fourth-order valence-corrected chi connectivity index (χ4v) is 5.75. The average molecular weight is 655 g/mol. The van der Waals surface area contributed by atoms with Crippen molar-refractivity contribution in [1.29, 1.82) is 0 Å². The number of ether oxygens (including phenoxy) is 2. The highest BCUT2D eigenvalue weighted by Crippen LogP contribution is 2.54. The van der Waals surface area contributed by atoms with Crippen molar-refractivity contribution in [2.75, 3.05) is 12.9 Å². The fraction of sp³-hybridized carbons (Fsp3) is 0.267. The van der Waals surface area contributed by atoms with Crippen molar-refractivity contribution in [3.05, 3.63) is 98.7 Å². The molecular formula is C30H29BrClN5O3S. The van der Waals surface area contributed by atoms with Crippen molar-refractivity contribution >= 4 is 51.4 Å². The Morgan fingerprint density at radius 1 is 1.15 bits per heavy atom. The molecule has 1 aliphatic carbocycles. The van der Waals surface area contributed by atoms with Crippen LogP contribution in [0.1, 0.15) is 47.7 Å². The zero-order chi connectivity index (χ0) is 28.8. The molecular weight excluding hydrogens is 626 g/mol. The van der Waals surface area contributed by atoms with Crippen LogP contribution in [0.25, 0.3) is 0 Å². The lowest BCUT2D eigenvalue weighted by atomic mass is 10.1. The highest BCUT2D eigenvalue weighted by molar-refractivity contribution is 9.10. The van der Waals surface area contributed by atoms with Gasteiger partial charge in [0.05, 0.1) is 19.1 Å². The number of carbonyl (C=O) groups is 1. The van der Waals surface area contributed by atoms with E-state index in [9.17, 15) is 4.79 Å². The number of methoxy groups -OCH3 is 1. The first-order chi connectivity index (χ1) is 19.9. The Balaban J connectivity index is 1.14. The molecule has 3 aromatic carbocycles. The molecule has 1 fully saturated rings. The van der Waals surface area contributed by atoms with E-state index >= 15 is 0 Å². The van der Waals surface area contributed by atoms with Gasteiger partial charge in [-0.1, -0.05) is 51.4 Å². The summed E-state index contributed by atoms with van der Waals surface area (Å²) in [7, 11) is 1.62. The first-order valence-electron chi connectivity index (χ1n) is 13.1. The molecule has 0 unspecified atom stereocenters. The fourth-order valence-electron chi connectivity index (χ4n) is 4.56. The molecule has 0 saturated heterocycles. The predicted octanol–water partition coefficient (Wildman–Crippen LogP) is 6.82. The number of hydrogen-bond donors (Lipinski definition) is 1. The Bertz CT molecular complexity index is 1530. The molecule has 4 aromatic rings. The second kappa shape index (κ2) is 13.5. The molecule has 212 valence electrons. The van der Waals surface area contributed by atoms with Gasteiger partial charge in [0.1, 0.15) is 23.9 Å². The molecule has 1 aliphatic rings. The van der Waals surface area contributed by atoms with Gasteiger partial charge in [-0.2, -0.15) is 5.10 Å². The summed E-state index contributed by atoms with van der Waals surface area (Å²) >= 11 is 10.8. The molecule has 1 saturated carbocycles. The number of nitrogens with one attached hydrogen (secondary N) is 1. The van der Waals surface area contributed by atoms with Crippen LogP contribution in [0.3, 0.4) is 0 Å². The topological polar surface area (TPSA) is 90.6 Å². The van der Waals surface area contributed by atoms with Gasteiger partial charge in [0.2, 0.25) is 0 Å². The van der Waals surface area contributed by atoms with Gasteiger partial charge >= 0.3 is 0 Å². The Morgan fingerprint density at radius 3 is 2.66 bits per heavy atom. The van der Waals surface area contributed by atoms with Gasteiger partial charge in [-0.05, 0) is 85.0 Å². The number of carbonyl (C=O) groups excluding carboxylic acids is 1. The summed E-state index contributed by atoms with van der Waals surface area (Å²) in [5, 5.41) is 14.4. The lowest BCUT2D eigenvalue weighted by Crippen LogP contribution is -2.20. The van der Waals surface area contributed by atoms with Crippen LogP contribution in [0.5, 0.6) is 11.5 Å². The zero-order valence-electron chi connectivity index (χ0n) is 22.6. The van der Waals surface area contributed by atoms with Crippen LogP contribution in [0, 0.1) is 0 Å². The Labute approximate surface area is 256 Å². The number of rotatable bonds is 12. The van der Waals surface area contributed by atoms with E-state index in [1.54, 1.807) is 13.3 Å². The van der Waals surface area contributed by atoms with E-state index < -0.39 is 0 Å². The van der Waals surface area contributed by atoms with E-state index in [2.05, 4.69) is 60.3 Å². The van der Waals surface area contributed by atoms with Crippen LogP contribution in [0.15, 0.2) is 81.5 Å². The number of amides is 1. The van der Waals surface area contributed by atoms with Crippen molar-refractivity contribution < 1.29 is 14.3 Å². The number of halogens is 2. The molecule has 1 aromatic heterocycles. The van der Waals surface area contributed by atoms with E-state index in [1.807, 2.05) is 54.6 Å². The molecule has 1 N–H and O–H groups in total. The van der Waals surface area contributed by atoms with Crippen molar-refractivity contribution in [3.63, 3.8) is 0 Å². The van der Waals surface area contributed by atoms with Gasteiger partial charge in [-0.25, -0.2) is 5.43 Å². The number of hydrazone groups is 1. The molecule has 0 bridgehead atoms. The van der Waals surface area contributed by atoms with Gasteiger partial charge in [0.25, 0.3) is 5.91 Å². The van der Waals surface area contributed by atoms with Crippen LogP contribution in [-0.2, 0) is 17.9 Å². The van der Waals surface area contributed by atoms with E-state index in [4.69, 9.17) is 21.1 Å². The number of nitrogens with zero attached hydrogens (tertiary/aromatic N) is 4. The smallest absolute Gasteiger partial charge is 0.250 e. The van der Waals surface area contributed by atoms with E-state index in [0.717, 1.165) is 50.3 Å². The van der Waals surface area contributed by atoms with E-state index in [-0.39, 0.29) is 11.7 Å². The lowest BCUT2D eigenvalue weighted by molar-refractivity contribution is -0.118. The Morgan fingerprint density at radius 2 is 1.93 bits per heavy atom. The summed E-state index contributed by atoms with van der Waals surface area (Å²) in [6, 6.07) is 21.3. The third kappa shape index (κ3) is 7.49. The second-order valence-electron chi connectivity index (χ2n) is 9.48. The standard InChI is InChI=1S/C30H29BrClN5O3S/c1-3-37-29(26-15-25(26)20-5-9-23(32)10-6-20)35-36-30(37)41-18-28(38)34-33-16-19-4-13-27(39-2)21(14-19)17-40-24-11-7-22(31)8-12-24/h4-14,16,25-26H,3,15,17-18H2,1-2H3,(H,34,38)/b33-16-/t25-,26-/m1/s1. The number of hydrogen-bond acceptors (Lipinski definition) is 7. The van der Waals surface area contributed by atoms with Crippen molar-refractivity contribution in [1.82, 2.24) is 20.2 Å². The minimum atomic E-state index is -0.226. The van der Waals surface area contributed by atoms with Gasteiger partial charge in [0.15, 0.2) is 5.16 Å². The SMILES string of the molecule is CCn1c(SCC(=O)N/N=C\c2ccc(OC)c(COc3ccc(Br)cc3)c2)nnc1[C@@H]1C[C@@H]1c1ccc(Cl)cc1.